The number of benzene rings is 2. The van der Waals surface area contributed by atoms with Gasteiger partial charge in [0.05, 0.1) is 18.8 Å². The molecule has 144 valence electrons. The number of hydrogen-bond acceptors (Lipinski definition) is 4. The van der Waals surface area contributed by atoms with Crippen LogP contribution in [0.4, 0.5) is 11.4 Å². The van der Waals surface area contributed by atoms with Gasteiger partial charge in [-0.05, 0) is 43.2 Å². The van der Waals surface area contributed by atoms with Crippen LogP contribution in [-0.2, 0) is 11.2 Å². The molecule has 0 radical (unpaired) electrons. The van der Waals surface area contributed by atoms with Crippen molar-refractivity contribution in [2.75, 3.05) is 49.5 Å². The van der Waals surface area contributed by atoms with E-state index in [1.807, 2.05) is 37.3 Å². The van der Waals surface area contributed by atoms with Crippen LogP contribution in [-0.4, -0.2) is 50.1 Å². The highest BCUT2D eigenvalue weighted by Gasteiger charge is 2.21. The number of anilines is 2. The van der Waals surface area contributed by atoms with E-state index in [9.17, 15) is 4.79 Å². The van der Waals surface area contributed by atoms with Crippen LogP contribution in [0.15, 0.2) is 48.5 Å². The zero-order chi connectivity index (χ0) is 19.1. The maximum Gasteiger partial charge on any atom is 0.238 e. The Bertz CT molecular complexity index is 737. The molecule has 1 saturated heterocycles. The van der Waals surface area contributed by atoms with Crippen molar-refractivity contribution in [3.05, 3.63) is 54.1 Å². The maximum atomic E-state index is 12.3. The summed E-state index contributed by atoms with van der Waals surface area (Å²) in [7, 11) is 0. The van der Waals surface area contributed by atoms with E-state index in [4.69, 9.17) is 4.74 Å². The summed E-state index contributed by atoms with van der Waals surface area (Å²) >= 11 is 0. The van der Waals surface area contributed by atoms with Gasteiger partial charge in [-0.25, -0.2) is 0 Å². The van der Waals surface area contributed by atoms with Gasteiger partial charge >= 0.3 is 0 Å². The minimum absolute atomic E-state index is 0.0439. The summed E-state index contributed by atoms with van der Waals surface area (Å²) in [5.74, 6) is 0.976. The van der Waals surface area contributed by atoms with Crippen LogP contribution < -0.4 is 15.0 Å². The molecule has 0 unspecified atom stereocenters. The van der Waals surface area contributed by atoms with Crippen molar-refractivity contribution in [1.82, 2.24) is 4.90 Å². The first-order chi connectivity index (χ1) is 13.2. The first-order valence-corrected chi connectivity index (χ1v) is 9.77. The molecule has 27 heavy (non-hydrogen) atoms. The summed E-state index contributed by atoms with van der Waals surface area (Å²) in [4.78, 5) is 16.9. The zero-order valence-corrected chi connectivity index (χ0v) is 16.3. The quantitative estimate of drug-likeness (QED) is 0.815. The van der Waals surface area contributed by atoms with E-state index in [0.717, 1.165) is 49.7 Å². The number of ether oxygens (including phenoxy) is 1. The topological polar surface area (TPSA) is 44.8 Å². The van der Waals surface area contributed by atoms with Crippen molar-refractivity contribution in [2.24, 2.45) is 0 Å². The number of nitrogens with zero attached hydrogens (tertiary/aromatic N) is 2. The van der Waals surface area contributed by atoms with E-state index in [1.54, 1.807) is 0 Å². The summed E-state index contributed by atoms with van der Waals surface area (Å²) < 4.78 is 5.75. The number of amides is 1. The molecule has 1 aliphatic rings. The molecule has 1 amide bonds. The van der Waals surface area contributed by atoms with Crippen molar-refractivity contribution < 1.29 is 9.53 Å². The highest BCUT2D eigenvalue weighted by Crippen LogP contribution is 2.28. The van der Waals surface area contributed by atoms with Gasteiger partial charge in [-0.1, -0.05) is 31.2 Å². The molecule has 1 heterocycles. The van der Waals surface area contributed by atoms with Gasteiger partial charge < -0.3 is 15.0 Å². The second kappa shape index (κ2) is 9.42. The monoisotopic (exact) mass is 367 g/mol. The number of rotatable bonds is 7. The number of aryl methyl sites for hydroxylation is 1. The van der Waals surface area contributed by atoms with Crippen LogP contribution in [0, 0.1) is 0 Å². The normalized spacial score (nSPS) is 14.8. The van der Waals surface area contributed by atoms with Gasteiger partial charge in [-0.3, -0.25) is 9.69 Å². The van der Waals surface area contributed by atoms with Crippen LogP contribution >= 0.6 is 0 Å². The zero-order valence-electron chi connectivity index (χ0n) is 16.3. The molecule has 0 saturated carbocycles. The number of piperazine rings is 1. The molecule has 0 aromatic heterocycles. The fourth-order valence-electron chi connectivity index (χ4n) is 3.37. The molecule has 5 heteroatoms. The van der Waals surface area contributed by atoms with E-state index in [2.05, 4.69) is 40.2 Å². The molecule has 1 N–H and O–H groups in total. The van der Waals surface area contributed by atoms with Crippen molar-refractivity contribution >= 4 is 17.3 Å². The van der Waals surface area contributed by atoms with Crippen LogP contribution in [0.5, 0.6) is 5.75 Å². The first-order valence-electron chi connectivity index (χ1n) is 9.77. The Labute approximate surface area is 161 Å². The van der Waals surface area contributed by atoms with Crippen LogP contribution in [0.2, 0.25) is 0 Å². The Balaban J connectivity index is 1.49. The van der Waals surface area contributed by atoms with E-state index >= 15 is 0 Å². The van der Waals surface area contributed by atoms with Gasteiger partial charge in [0.25, 0.3) is 0 Å². The van der Waals surface area contributed by atoms with Crippen LogP contribution in [0.1, 0.15) is 19.4 Å². The molecule has 0 bridgehead atoms. The summed E-state index contributed by atoms with van der Waals surface area (Å²) in [6.07, 6.45) is 1.00. The van der Waals surface area contributed by atoms with Crippen molar-refractivity contribution in [2.45, 2.75) is 20.3 Å². The lowest BCUT2D eigenvalue weighted by Gasteiger charge is -2.36. The summed E-state index contributed by atoms with van der Waals surface area (Å²) in [5.41, 5.74) is 3.28. The Morgan fingerprint density at radius 1 is 1.00 bits per heavy atom. The van der Waals surface area contributed by atoms with Gasteiger partial charge in [0.1, 0.15) is 5.75 Å². The van der Waals surface area contributed by atoms with Gasteiger partial charge in [0.2, 0.25) is 5.91 Å². The first kappa shape index (κ1) is 19.2. The molecular formula is C22H29N3O2. The van der Waals surface area contributed by atoms with Gasteiger partial charge in [-0.15, -0.1) is 0 Å². The fourth-order valence-corrected chi connectivity index (χ4v) is 3.37. The molecule has 0 aliphatic carbocycles. The lowest BCUT2D eigenvalue weighted by molar-refractivity contribution is -0.117. The van der Waals surface area contributed by atoms with Gasteiger partial charge in [0, 0.05) is 31.9 Å². The fraction of sp³-hybridized carbons (Fsp3) is 0.409. The molecule has 1 fully saturated rings. The average Bonchev–Trinajstić information content (AvgIpc) is 2.70. The number of hydrogen-bond donors (Lipinski definition) is 1. The molecule has 2 aromatic rings. The van der Waals surface area contributed by atoms with E-state index < -0.39 is 0 Å². The molecule has 3 rings (SSSR count). The summed E-state index contributed by atoms with van der Waals surface area (Å²) in [6, 6.07) is 16.2. The summed E-state index contributed by atoms with van der Waals surface area (Å²) in [6.45, 7) is 8.73. The predicted octanol–water partition coefficient (Wildman–Crippen LogP) is 3.41. The van der Waals surface area contributed by atoms with Crippen molar-refractivity contribution in [3.63, 3.8) is 0 Å². The number of para-hydroxylation sites is 2. The molecular weight excluding hydrogens is 338 g/mol. The SMILES string of the molecule is CCOc1ccccc1N1CCN(CC(=O)Nc2ccc(CC)cc2)CC1. The number of nitrogens with one attached hydrogen (secondary N) is 1. The summed E-state index contributed by atoms with van der Waals surface area (Å²) in [5, 5.41) is 3.00. The smallest absolute Gasteiger partial charge is 0.238 e. The van der Waals surface area contributed by atoms with Crippen LogP contribution in [0.25, 0.3) is 0 Å². The Hall–Kier alpha value is -2.53. The van der Waals surface area contributed by atoms with E-state index in [-0.39, 0.29) is 5.91 Å². The lowest BCUT2D eigenvalue weighted by Crippen LogP contribution is -2.48. The third-order valence-corrected chi connectivity index (χ3v) is 4.89. The second-order valence-electron chi connectivity index (χ2n) is 6.76. The van der Waals surface area contributed by atoms with E-state index in [0.29, 0.717) is 13.2 Å². The Kier molecular flexibility index (Phi) is 6.71. The molecule has 5 nitrogen and oxygen atoms in total. The minimum Gasteiger partial charge on any atom is -0.492 e. The highest BCUT2D eigenvalue weighted by atomic mass is 16.5. The van der Waals surface area contributed by atoms with Crippen molar-refractivity contribution in [3.8, 4) is 5.75 Å². The Morgan fingerprint density at radius 2 is 1.70 bits per heavy atom. The lowest BCUT2D eigenvalue weighted by atomic mass is 10.1. The third-order valence-electron chi connectivity index (χ3n) is 4.89. The number of carbonyl (C=O) groups excluding carboxylic acids is 1. The van der Waals surface area contributed by atoms with Crippen LogP contribution in [0.3, 0.4) is 0 Å². The minimum atomic E-state index is 0.0439. The van der Waals surface area contributed by atoms with Gasteiger partial charge in [0.15, 0.2) is 0 Å². The maximum absolute atomic E-state index is 12.3. The molecule has 0 atom stereocenters. The number of carbonyl (C=O) groups is 1. The predicted molar refractivity (Wildman–Crippen MR) is 111 cm³/mol. The standard InChI is InChI=1S/C22H29N3O2/c1-3-18-9-11-19(12-10-18)23-22(26)17-24-13-15-25(16-14-24)20-7-5-6-8-21(20)27-4-2/h5-12H,3-4,13-17H2,1-2H3,(H,23,26). The molecule has 0 spiro atoms. The van der Waals surface area contributed by atoms with Crippen molar-refractivity contribution in [1.29, 1.82) is 0 Å². The molecule has 1 aliphatic heterocycles. The average molecular weight is 367 g/mol. The highest BCUT2D eigenvalue weighted by molar-refractivity contribution is 5.92. The van der Waals surface area contributed by atoms with E-state index in [1.165, 1.54) is 5.56 Å². The Morgan fingerprint density at radius 3 is 2.37 bits per heavy atom. The largest absolute Gasteiger partial charge is 0.492 e. The van der Waals surface area contributed by atoms with Gasteiger partial charge in [-0.2, -0.15) is 0 Å². The second-order valence-corrected chi connectivity index (χ2v) is 6.76. The third kappa shape index (κ3) is 5.23. The molecule has 2 aromatic carbocycles.